The number of amides is 2. The fourth-order valence-corrected chi connectivity index (χ4v) is 8.42. The summed E-state index contributed by atoms with van der Waals surface area (Å²) in [7, 11) is -8.09. The molecule has 2 N–H and O–H groups in total. The predicted octanol–water partition coefficient (Wildman–Crippen LogP) is 3.22. The molecule has 1 saturated carbocycles. The Morgan fingerprint density at radius 3 is 1.92 bits per heavy atom. The molecule has 9 nitrogen and oxygen atoms in total. The van der Waals surface area contributed by atoms with Gasteiger partial charge in [0.15, 0.2) is 0 Å². The average Bonchev–Trinajstić information content (AvgIpc) is 3.11. The number of sulfonamides is 2. The molecule has 2 fully saturated rings. The van der Waals surface area contributed by atoms with E-state index in [1.165, 1.54) is 28.6 Å². The number of nitrogens with two attached hydrogens (primary N) is 1. The van der Waals surface area contributed by atoms with Crippen LogP contribution in [-0.2, 0) is 29.6 Å². The summed E-state index contributed by atoms with van der Waals surface area (Å²) in [6.07, 6.45) is 3.62. The fourth-order valence-electron chi connectivity index (χ4n) is 5.50. The van der Waals surface area contributed by atoms with E-state index >= 15 is 0 Å². The van der Waals surface area contributed by atoms with Crippen LogP contribution in [0.4, 0.5) is 5.69 Å². The third-order valence-electron chi connectivity index (χ3n) is 7.62. The number of carbonyl (C=O) groups excluding carboxylic acids is 2. The summed E-state index contributed by atoms with van der Waals surface area (Å²) < 4.78 is 53.3. The molecule has 4 rings (SSSR count). The summed E-state index contributed by atoms with van der Waals surface area (Å²) in [4.78, 5) is 27.8. The van der Waals surface area contributed by atoms with E-state index < -0.39 is 43.9 Å². The Hall–Kier alpha value is -2.60. The molecule has 2 amide bonds. The number of aryl methyl sites for hydroxylation is 2. The number of benzene rings is 2. The molecule has 2 aromatic rings. The highest BCUT2D eigenvalue weighted by Crippen LogP contribution is 2.38. The van der Waals surface area contributed by atoms with E-state index in [1.807, 2.05) is 19.9 Å². The molecular formula is C26H33N3O6S2. The largest absolute Gasteiger partial charge is 0.274 e. The zero-order valence-electron chi connectivity index (χ0n) is 21.5. The number of primary sulfonamides is 1. The van der Waals surface area contributed by atoms with Crippen LogP contribution in [-0.4, -0.2) is 45.0 Å². The smallest absolute Gasteiger partial charge is 0.252 e. The van der Waals surface area contributed by atoms with E-state index in [9.17, 15) is 26.4 Å². The van der Waals surface area contributed by atoms with Gasteiger partial charge in [-0.15, -0.1) is 0 Å². The Labute approximate surface area is 218 Å². The van der Waals surface area contributed by atoms with Crippen molar-refractivity contribution in [3.63, 3.8) is 0 Å². The van der Waals surface area contributed by atoms with Crippen LogP contribution >= 0.6 is 0 Å². The van der Waals surface area contributed by atoms with E-state index in [0.717, 1.165) is 35.3 Å². The number of anilines is 1. The van der Waals surface area contributed by atoms with E-state index in [2.05, 4.69) is 0 Å². The molecule has 1 unspecified atom stereocenters. The van der Waals surface area contributed by atoms with Gasteiger partial charge in [0.1, 0.15) is 6.04 Å². The second kappa shape index (κ2) is 9.94. The predicted molar refractivity (Wildman–Crippen MR) is 140 cm³/mol. The third kappa shape index (κ3) is 4.97. The molecule has 1 aliphatic heterocycles. The monoisotopic (exact) mass is 547 g/mol. The molecule has 0 bridgehead atoms. The lowest BCUT2D eigenvalue weighted by Crippen LogP contribution is -2.51. The van der Waals surface area contributed by atoms with Crippen LogP contribution in [0.1, 0.15) is 60.8 Å². The van der Waals surface area contributed by atoms with Gasteiger partial charge in [-0.1, -0.05) is 25.3 Å². The standard InChI is InChI=1S/C26H33N3O6S2/c1-16-14-17(2)19(4)25(18(16)3)37(34,35)29(21-8-6-5-7-9-21)23-15-24(30)28(26(23)31)20-10-12-22(13-11-20)36(27,32)33/h10-14,21,23H,5-9,15H2,1-4H3,(H2,27,32,33). The lowest BCUT2D eigenvalue weighted by Gasteiger charge is -2.37. The zero-order valence-corrected chi connectivity index (χ0v) is 23.2. The van der Waals surface area contributed by atoms with Crippen molar-refractivity contribution < 1.29 is 26.4 Å². The molecule has 0 radical (unpaired) electrons. The Kier molecular flexibility index (Phi) is 7.37. The first-order valence-corrected chi connectivity index (χ1v) is 15.3. The molecule has 1 saturated heterocycles. The van der Waals surface area contributed by atoms with Crippen LogP contribution in [0.5, 0.6) is 0 Å². The van der Waals surface area contributed by atoms with Gasteiger partial charge in [0, 0.05) is 6.04 Å². The molecule has 1 aliphatic carbocycles. The SMILES string of the molecule is Cc1cc(C)c(C)c(S(=O)(=O)N(C2CCCCC2)C2CC(=O)N(c3ccc(S(N)(=O)=O)cc3)C2=O)c1C. The number of hydrogen-bond donors (Lipinski definition) is 1. The minimum absolute atomic E-state index is 0.154. The van der Waals surface area contributed by atoms with E-state index in [-0.39, 0.29) is 21.9 Å². The first kappa shape index (κ1) is 27.4. The summed E-state index contributed by atoms with van der Waals surface area (Å²) in [6.45, 7) is 7.27. The van der Waals surface area contributed by atoms with Gasteiger partial charge in [0.25, 0.3) is 5.91 Å². The van der Waals surface area contributed by atoms with E-state index in [4.69, 9.17) is 5.14 Å². The number of carbonyl (C=O) groups is 2. The topological polar surface area (TPSA) is 135 Å². The maximum Gasteiger partial charge on any atom is 0.252 e. The Morgan fingerprint density at radius 1 is 0.865 bits per heavy atom. The summed E-state index contributed by atoms with van der Waals surface area (Å²) in [5.74, 6) is -1.18. The van der Waals surface area contributed by atoms with Crippen molar-refractivity contribution in [3.05, 3.63) is 52.6 Å². The van der Waals surface area contributed by atoms with Gasteiger partial charge in [0.05, 0.1) is 21.9 Å². The van der Waals surface area contributed by atoms with Gasteiger partial charge in [-0.25, -0.2) is 26.9 Å². The lowest BCUT2D eigenvalue weighted by atomic mass is 9.94. The van der Waals surface area contributed by atoms with E-state index in [1.54, 1.807) is 13.8 Å². The van der Waals surface area contributed by atoms with Crippen LogP contribution in [0.3, 0.4) is 0 Å². The van der Waals surface area contributed by atoms with Crippen molar-refractivity contribution in [1.29, 1.82) is 0 Å². The summed E-state index contributed by atoms with van der Waals surface area (Å²) in [6, 6.07) is 5.46. The van der Waals surface area contributed by atoms with Gasteiger partial charge in [-0.2, -0.15) is 4.31 Å². The normalized spacial score (nSPS) is 19.7. The first-order chi connectivity index (χ1) is 17.2. The van der Waals surface area contributed by atoms with E-state index in [0.29, 0.717) is 24.0 Å². The first-order valence-electron chi connectivity index (χ1n) is 12.4. The molecule has 1 heterocycles. The van der Waals surface area contributed by atoms with Crippen molar-refractivity contribution in [3.8, 4) is 0 Å². The number of nitrogens with zero attached hydrogens (tertiary/aromatic N) is 2. The summed E-state index contributed by atoms with van der Waals surface area (Å²) in [5, 5.41) is 5.16. The third-order valence-corrected chi connectivity index (χ3v) is 10.8. The highest BCUT2D eigenvalue weighted by atomic mass is 32.2. The van der Waals surface area contributed by atoms with Gasteiger partial charge in [-0.3, -0.25) is 9.59 Å². The van der Waals surface area contributed by atoms with Crippen molar-refractivity contribution in [2.45, 2.75) is 88.1 Å². The summed E-state index contributed by atoms with van der Waals surface area (Å²) >= 11 is 0. The Morgan fingerprint density at radius 2 is 1.41 bits per heavy atom. The molecule has 0 spiro atoms. The molecule has 2 aromatic carbocycles. The lowest BCUT2D eigenvalue weighted by molar-refractivity contribution is -0.122. The van der Waals surface area contributed by atoms with Gasteiger partial charge >= 0.3 is 0 Å². The van der Waals surface area contributed by atoms with Crippen molar-refractivity contribution in [2.24, 2.45) is 5.14 Å². The zero-order chi connectivity index (χ0) is 27.3. The minimum Gasteiger partial charge on any atom is -0.274 e. The molecule has 11 heteroatoms. The van der Waals surface area contributed by atoms with Crippen LogP contribution in [0, 0.1) is 27.7 Å². The maximum atomic E-state index is 14.4. The Bertz CT molecular complexity index is 1430. The average molecular weight is 548 g/mol. The second-order valence-corrected chi connectivity index (χ2v) is 13.4. The molecule has 2 aliphatic rings. The van der Waals surface area contributed by atoms with Crippen molar-refractivity contribution in [1.82, 2.24) is 4.31 Å². The number of hydrogen-bond acceptors (Lipinski definition) is 6. The molecule has 1 atom stereocenters. The second-order valence-electron chi connectivity index (χ2n) is 10.0. The molecular weight excluding hydrogens is 514 g/mol. The van der Waals surface area contributed by atoms with Crippen LogP contribution in [0.2, 0.25) is 0 Å². The van der Waals surface area contributed by atoms with Crippen molar-refractivity contribution in [2.75, 3.05) is 4.90 Å². The van der Waals surface area contributed by atoms with Gasteiger partial charge in [0.2, 0.25) is 26.0 Å². The van der Waals surface area contributed by atoms with Crippen LogP contribution < -0.4 is 10.0 Å². The molecule has 0 aromatic heterocycles. The molecule has 37 heavy (non-hydrogen) atoms. The number of imide groups is 1. The highest BCUT2D eigenvalue weighted by Gasteiger charge is 2.50. The van der Waals surface area contributed by atoms with Crippen molar-refractivity contribution >= 4 is 37.5 Å². The molecule has 200 valence electrons. The maximum absolute atomic E-state index is 14.4. The van der Waals surface area contributed by atoms with Gasteiger partial charge in [-0.05, 0) is 87.1 Å². The Balaban J connectivity index is 1.80. The number of rotatable bonds is 6. The van der Waals surface area contributed by atoms with Crippen LogP contribution in [0.25, 0.3) is 0 Å². The van der Waals surface area contributed by atoms with Gasteiger partial charge < -0.3 is 0 Å². The van der Waals surface area contributed by atoms with Crippen LogP contribution in [0.15, 0.2) is 40.1 Å². The quantitative estimate of drug-likeness (QED) is 0.552. The fraction of sp³-hybridized carbons (Fsp3) is 0.462. The minimum atomic E-state index is -4.14. The summed E-state index contributed by atoms with van der Waals surface area (Å²) in [5.41, 5.74) is 3.13. The highest BCUT2D eigenvalue weighted by molar-refractivity contribution is 7.89.